The molecule has 116 valence electrons. The molecular formula is C16H16INO4. The summed E-state index contributed by atoms with van der Waals surface area (Å²) in [5.41, 5.74) is -0.0313. The number of aromatic carboxylic acids is 1. The van der Waals surface area contributed by atoms with E-state index in [9.17, 15) is 19.8 Å². The number of fused-ring (bicyclic) bond motifs is 1. The van der Waals surface area contributed by atoms with Gasteiger partial charge in [-0.05, 0) is 53.6 Å². The Hall–Kier alpha value is -1.41. The van der Waals surface area contributed by atoms with Crippen molar-refractivity contribution in [3.63, 3.8) is 0 Å². The van der Waals surface area contributed by atoms with Crippen LogP contribution in [0.1, 0.15) is 42.1 Å². The highest BCUT2D eigenvalue weighted by Crippen LogP contribution is 2.31. The maximum Gasteiger partial charge on any atom is 0.341 e. The second-order valence-electron chi connectivity index (χ2n) is 5.66. The van der Waals surface area contributed by atoms with Gasteiger partial charge in [-0.3, -0.25) is 4.79 Å². The van der Waals surface area contributed by atoms with Crippen molar-refractivity contribution in [2.24, 2.45) is 0 Å². The molecule has 0 radical (unpaired) electrons. The van der Waals surface area contributed by atoms with Gasteiger partial charge in [0.25, 0.3) is 0 Å². The summed E-state index contributed by atoms with van der Waals surface area (Å²) in [5, 5.41) is 20.0. The summed E-state index contributed by atoms with van der Waals surface area (Å²) in [6.45, 7) is 0. The molecule has 2 aromatic rings. The van der Waals surface area contributed by atoms with Crippen LogP contribution in [0.4, 0.5) is 0 Å². The van der Waals surface area contributed by atoms with Gasteiger partial charge in [-0.15, -0.1) is 0 Å². The number of hydrogen-bond donors (Lipinski definition) is 2. The third-order valence-corrected chi connectivity index (χ3v) is 4.95. The average Bonchev–Trinajstić information content (AvgIpc) is 2.48. The van der Waals surface area contributed by atoms with Crippen LogP contribution in [-0.2, 0) is 0 Å². The van der Waals surface area contributed by atoms with Gasteiger partial charge in [0.1, 0.15) is 5.56 Å². The lowest BCUT2D eigenvalue weighted by Gasteiger charge is -2.31. The number of carboxylic acids is 1. The molecule has 1 aliphatic carbocycles. The van der Waals surface area contributed by atoms with E-state index < -0.39 is 17.5 Å². The van der Waals surface area contributed by atoms with Crippen molar-refractivity contribution in [3.8, 4) is 0 Å². The van der Waals surface area contributed by atoms with Crippen molar-refractivity contribution in [2.45, 2.75) is 37.8 Å². The molecule has 2 unspecified atom stereocenters. The molecule has 1 heterocycles. The predicted molar refractivity (Wildman–Crippen MR) is 91.4 cm³/mol. The minimum Gasteiger partial charge on any atom is -0.477 e. The lowest BCUT2D eigenvalue weighted by Crippen LogP contribution is -2.30. The lowest BCUT2D eigenvalue weighted by atomic mass is 9.91. The minimum absolute atomic E-state index is 0.185. The average molecular weight is 413 g/mol. The quantitative estimate of drug-likeness (QED) is 0.743. The van der Waals surface area contributed by atoms with Crippen LogP contribution in [0.15, 0.2) is 29.2 Å². The van der Waals surface area contributed by atoms with Crippen molar-refractivity contribution in [2.75, 3.05) is 0 Å². The number of aliphatic hydroxyl groups excluding tert-OH is 1. The molecule has 6 heteroatoms. The Kier molecular flexibility index (Phi) is 4.22. The van der Waals surface area contributed by atoms with Crippen LogP contribution in [0.5, 0.6) is 0 Å². The van der Waals surface area contributed by atoms with Gasteiger partial charge < -0.3 is 14.8 Å². The van der Waals surface area contributed by atoms with E-state index in [2.05, 4.69) is 22.6 Å². The normalized spacial score (nSPS) is 21.9. The molecular weight excluding hydrogens is 397 g/mol. The molecule has 3 rings (SSSR count). The molecule has 0 spiro atoms. The summed E-state index contributed by atoms with van der Waals surface area (Å²) in [6.07, 6.45) is 4.32. The fraction of sp³-hybridized carbons (Fsp3) is 0.375. The van der Waals surface area contributed by atoms with Gasteiger partial charge >= 0.3 is 5.97 Å². The van der Waals surface area contributed by atoms with Crippen LogP contribution in [-0.4, -0.2) is 26.9 Å². The van der Waals surface area contributed by atoms with Gasteiger partial charge in [-0.2, -0.15) is 0 Å². The predicted octanol–water partition coefficient (Wildman–Crippen LogP) is 2.78. The monoisotopic (exact) mass is 413 g/mol. The fourth-order valence-electron chi connectivity index (χ4n) is 3.17. The van der Waals surface area contributed by atoms with Gasteiger partial charge in [0.05, 0.1) is 17.7 Å². The topological polar surface area (TPSA) is 79.5 Å². The molecule has 1 aromatic carbocycles. The van der Waals surface area contributed by atoms with Gasteiger partial charge in [0.15, 0.2) is 0 Å². The third-order valence-electron chi connectivity index (χ3n) is 4.28. The first-order chi connectivity index (χ1) is 10.5. The molecule has 1 fully saturated rings. The first kappa shape index (κ1) is 15.5. The molecule has 2 atom stereocenters. The molecule has 1 aromatic heterocycles. The summed E-state index contributed by atoms with van der Waals surface area (Å²) in [6, 6.07) is 5.23. The van der Waals surface area contributed by atoms with Crippen molar-refractivity contribution >= 4 is 39.5 Å². The van der Waals surface area contributed by atoms with Crippen molar-refractivity contribution < 1.29 is 15.0 Å². The van der Waals surface area contributed by atoms with E-state index in [1.54, 1.807) is 10.6 Å². The molecule has 0 aliphatic heterocycles. The van der Waals surface area contributed by atoms with Crippen LogP contribution < -0.4 is 5.43 Å². The number of halogens is 1. The highest BCUT2D eigenvalue weighted by molar-refractivity contribution is 14.1. The number of pyridine rings is 1. The molecule has 1 aliphatic rings. The Balaban J connectivity index is 2.30. The van der Waals surface area contributed by atoms with E-state index in [4.69, 9.17) is 0 Å². The third kappa shape index (κ3) is 2.65. The molecule has 2 N–H and O–H groups in total. The standard InChI is InChI=1S/C16H16INO4/c17-9-5-6-12-10(7-9)15(20)11(16(21)22)8-18(12)13-3-1-2-4-14(13)19/h5-8,13-14,19H,1-4H2,(H,21,22). The van der Waals surface area contributed by atoms with E-state index in [-0.39, 0.29) is 11.6 Å². The number of benzene rings is 1. The van der Waals surface area contributed by atoms with E-state index in [1.807, 2.05) is 12.1 Å². The highest BCUT2D eigenvalue weighted by Gasteiger charge is 2.27. The maximum absolute atomic E-state index is 12.4. The molecule has 0 bridgehead atoms. The maximum atomic E-state index is 12.4. The van der Waals surface area contributed by atoms with E-state index in [0.717, 1.165) is 22.8 Å². The van der Waals surface area contributed by atoms with Gasteiger partial charge in [-0.1, -0.05) is 12.8 Å². The number of carboxylic acid groups (broad SMARTS) is 1. The summed E-state index contributed by atoms with van der Waals surface area (Å²) < 4.78 is 2.65. The van der Waals surface area contributed by atoms with Crippen molar-refractivity contribution in [1.29, 1.82) is 0 Å². The summed E-state index contributed by atoms with van der Waals surface area (Å²) >= 11 is 2.10. The Bertz CT molecular complexity index is 799. The zero-order chi connectivity index (χ0) is 15.9. The fourth-order valence-corrected chi connectivity index (χ4v) is 3.66. The molecule has 22 heavy (non-hydrogen) atoms. The SMILES string of the molecule is O=C(O)c1cn(C2CCCCC2O)c2ccc(I)cc2c1=O. The number of rotatable bonds is 2. The molecule has 0 saturated heterocycles. The van der Waals surface area contributed by atoms with E-state index in [1.165, 1.54) is 6.20 Å². The molecule has 1 saturated carbocycles. The van der Waals surface area contributed by atoms with Crippen molar-refractivity contribution in [1.82, 2.24) is 4.57 Å². The van der Waals surface area contributed by atoms with E-state index in [0.29, 0.717) is 17.3 Å². The number of aromatic nitrogens is 1. The van der Waals surface area contributed by atoms with Crippen LogP contribution >= 0.6 is 22.6 Å². The zero-order valence-electron chi connectivity index (χ0n) is 11.8. The van der Waals surface area contributed by atoms with Crippen LogP contribution in [0, 0.1) is 3.57 Å². The number of nitrogens with zero attached hydrogens (tertiary/aromatic N) is 1. The second-order valence-corrected chi connectivity index (χ2v) is 6.91. The van der Waals surface area contributed by atoms with Crippen molar-refractivity contribution in [3.05, 3.63) is 43.8 Å². The van der Waals surface area contributed by atoms with E-state index >= 15 is 0 Å². The molecule has 5 nitrogen and oxygen atoms in total. The van der Waals surface area contributed by atoms with Crippen LogP contribution in [0.25, 0.3) is 10.9 Å². The second kappa shape index (κ2) is 6.00. The van der Waals surface area contributed by atoms with Gasteiger partial charge in [0, 0.05) is 15.2 Å². The van der Waals surface area contributed by atoms with Gasteiger partial charge in [-0.25, -0.2) is 4.79 Å². The largest absolute Gasteiger partial charge is 0.477 e. The highest BCUT2D eigenvalue weighted by atomic mass is 127. The first-order valence-electron chi connectivity index (χ1n) is 7.25. The Morgan fingerprint density at radius 2 is 2.00 bits per heavy atom. The molecule has 0 amide bonds. The summed E-state index contributed by atoms with van der Waals surface area (Å²) in [7, 11) is 0. The van der Waals surface area contributed by atoms with Gasteiger partial charge in [0.2, 0.25) is 5.43 Å². The zero-order valence-corrected chi connectivity index (χ0v) is 14.0. The number of aliphatic hydroxyl groups is 1. The number of carbonyl (C=O) groups is 1. The number of hydrogen-bond acceptors (Lipinski definition) is 3. The van der Waals surface area contributed by atoms with Crippen LogP contribution in [0.2, 0.25) is 0 Å². The smallest absolute Gasteiger partial charge is 0.341 e. The summed E-state index contributed by atoms with van der Waals surface area (Å²) in [4.78, 5) is 23.8. The Morgan fingerprint density at radius 3 is 2.68 bits per heavy atom. The summed E-state index contributed by atoms with van der Waals surface area (Å²) in [5.74, 6) is -1.23. The first-order valence-corrected chi connectivity index (χ1v) is 8.32. The van der Waals surface area contributed by atoms with Crippen LogP contribution in [0.3, 0.4) is 0 Å². The lowest BCUT2D eigenvalue weighted by molar-refractivity contribution is 0.0682. The minimum atomic E-state index is -1.23. The Labute approximate surface area is 140 Å². The Morgan fingerprint density at radius 1 is 1.27 bits per heavy atom.